The zero-order valence-electron chi connectivity index (χ0n) is 18.9. The highest BCUT2D eigenvalue weighted by molar-refractivity contribution is 7.89. The van der Waals surface area contributed by atoms with Gasteiger partial charge in [-0.1, -0.05) is 19.9 Å². The Kier molecular flexibility index (Phi) is 6.90. The Morgan fingerprint density at radius 1 is 1.16 bits per heavy atom. The number of ether oxygens (including phenoxy) is 1. The predicted octanol–water partition coefficient (Wildman–Crippen LogP) is 2.93. The van der Waals surface area contributed by atoms with Crippen molar-refractivity contribution in [3.8, 4) is 5.75 Å². The summed E-state index contributed by atoms with van der Waals surface area (Å²) in [6, 6.07) is 10.5. The maximum absolute atomic E-state index is 13.1. The fourth-order valence-corrected chi connectivity index (χ4v) is 5.30. The quantitative estimate of drug-likeness (QED) is 0.662. The predicted molar refractivity (Wildman–Crippen MR) is 123 cm³/mol. The Labute approximate surface area is 189 Å². The third-order valence-corrected chi connectivity index (χ3v) is 6.92. The molecule has 0 aliphatic carbocycles. The highest BCUT2D eigenvalue weighted by atomic mass is 32.2. The fourth-order valence-electron chi connectivity index (χ4n) is 3.90. The van der Waals surface area contributed by atoms with E-state index in [9.17, 15) is 18.0 Å². The summed E-state index contributed by atoms with van der Waals surface area (Å²) in [5, 5.41) is 2.75. The van der Waals surface area contributed by atoms with Crippen LogP contribution in [0.5, 0.6) is 5.75 Å². The Hall–Kier alpha value is -2.91. The van der Waals surface area contributed by atoms with Gasteiger partial charge in [-0.2, -0.15) is 4.72 Å². The first kappa shape index (κ1) is 23.7. The molecule has 0 saturated heterocycles. The second kappa shape index (κ2) is 9.30. The molecule has 1 aliphatic rings. The lowest BCUT2D eigenvalue weighted by Crippen LogP contribution is -2.47. The molecule has 2 atom stereocenters. The average Bonchev–Trinajstić information content (AvgIpc) is 3.07. The standard InChI is InChI=1S/C23H29N3O5S/c1-14(2)22(23(28)24-18-7-6-8-19(13-18)31-5)25-32(29,30)20-9-10-21-17(12-20)11-15(3)26(21)16(4)27/h6-10,12-15,22,25H,11H2,1-5H3,(H,24,28)/t15-,22-/m1/s1. The second-order valence-corrected chi connectivity index (χ2v) is 10.0. The minimum absolute atomic E-state index is 0.0366. The van der Waals surface area contributed by atoms with Crippen LogP contribution in [-0.2, 0) is 26.0 Å². The van der Waals surface area contributed by atoms with Gasteiger partial charge in [-0.25, -0.2) is 8.42 Å². The van der Waals surface area contributed by atoms with Gasteiger partial charge in [0.15, 0.2) is 0 Å². The van der Waals surface area contributed by atoms with E-state index < -0.39 is 22.0 Å². The Bertz CT molecular complexity index is 1130. The number of fused-ring (bicyclic) bond motifs is 1. The number of nitrogens with zero attached hydrogens (tertiary/aromatic N) is 1. The summed E-state index contributed by atoms with van der Waals surface area (Å²) in [5.41, 5.74) is 2.02. The number of carbonyl (C=O) groups excluding carboxylic acids is 2. The molecule has 1 heterocycles. The molecule has 1 aliphatic heterocycles. The van der Waals surface area contributed by atoms with E-state index in [0.29, 0.717) is 17.9 Å². The number of hydrogen-bond donors (Lipinski definition) is 2. The third-order valence-electron chi connectivity index (χ3n) is 5.48. The Balaban J connectivity index is 1.82. The fraction of sp³-hybridized carbons (Fsp3) is 0.391. The van der Waals surface area contributed by atoms with Gasteiger partial charge in [-0.15, -0.1) is 0 Å². The first-order valence-corrected chi connectivity index (χ1v) is 11.9. The summed E-state index contributed by atoms with van der Waals surface area (Å²) in [4.78, 5) is 26.5. The molecule has 32 heavy (non-hydrogen) atoms. The summed E-state index contributed by atoms with van der Waals surface area (Å²) < 4.78 is 33.9. The van der Waals surface area contributed by atoms with Crippen LogP contribution in [0.3, 0.4) is 0 Å². The lowest BCUT2D eigenvalue weighted by Gasteiger charge is -2.22. The minimum atomic E-state index is -3.97. The maximum Gasteiger partial charge on any atom is 0.242 e. The van der Waals surface area contributed by atoms with Crippen molar-refractivity contribution in [1.29, 1.82) is 0 Å². The van der Waals surface area contributed by atoms with Crippen molar-refractivity contribution in [3.05, 3.63) is 48.0 Å². The van der Waals surface area contributed by atoms with Gasteiger partial charge in [-0.05, 0) is 55.2 Å². The van der Waals surface area contributed by atoms with Crippen LogP contribution >= 0.6 is 0 Å². The lowest BCUT2D eigenvalue weighted by molar-refractivity contribution is -0.118. The van der Waals surface area contributed by atoms with Gasteiger partial charge >= 0.3 is 0 Å². The van der Waals surface area contributed by atoms with Gasteiger partial charge < -0.3 is 15.0 Å². The number of sulfonamides is 1. The highest BCUT2D eigenvalue weighted by Crippen LogP contribution is 2.34. The van der Waals surface area contributed by atoms with Gasteiger partial charge in [-0.3, -0.25) is 9.59 Å². The molecule has 2 aromatic carbocycles. The molecule has 172 valence electrons. The smallest absolute Gasteiger partial charge is 0.242 e. The molecule has 0 fully saturated rings. The van der Waals surface area contributed by atoms with Crippen molar-refractivity contribution in [3.63, 3.8) is 0 Å². The monoisotopic (exact) mass is 459 g/mol. The van der Waals surface area contributed by atoms with Crippen LogP contribution in [0.25, 0.3) is 0 Å². The zero-order chi connectivity index (χ0) is 23.6. The molecule has 8 nitrogen and oxygen atoms in total. The van der Waals surface area contributed by atoms with E-state index in [1.54, 1.807) is 55.1 Å². The molecular formula is C23H29N3O5S. The Morgan fingerprint density at radius 3 is 2.50 bits per heavy atom. The van der Waals surface area contributed by atoms with Crippen LogP contribution in [0.1, 0.15) is 33.3 Å². The number of amides is 2. The molecule has 0 unspecified atom stereocenters. The number of nitrogens with one attached hydrogen (secondary N) is 2. The first-order chi connectivity index (χ1) is 15.0. The summed E-state index contributed by atoms with van der Waals surface area (Å²) in [6.07, 6.45) is 0.572. The number of anilines is 2. The van der Waals surface area contributed by atoms with E-state index in [4.69, 9.17) is 4.74 Å². The van der Waals surface area contributed by atoms with Gasteiger partial charge in [0.2, 0.25) is 21.8 Å². The average molecular weight is 460 g/mol. The van der Waals surface area contributed by atoms with Crippen LogP contribution in [0.15, 0.2) is 47.4 Å². The Morgan fingerprint density at radius 2 is 1.88 bits per heavy atom. The zero-order valence-corrected chi connectivity index (χ0v) is 19.7. The molecule has 3 rings (SSSR count). The molecule has 2 N–H and O–H groups in total. The molecule has 0 aromatic heterocycles. The normalized spacial score (nSPS) is 16.6. The molecule has 0 spiro atoms. The van der Waals surface area contributed by atoms with E-state index in [1.807, 2.05) is 6.92 Å². The summed E-state index contributed by atoms with van der Waals surface area (Å²) in [5.74, 6) is -0.261. The van der Waals surface area contributed by atoms with E-state index in [2.05, 4.69) is 10.0 Å². The molecular weight excluding hydrogens is 430 g/mol. The largest absolute Gasteiger partial charge is 0.497 e. The molecule has 0 saturated carbocycles. The van der Waals surface area contributed by atoms with Crippen molar-refractivity contribution in [1.82, 2.24) is 4.72 Å². The molecule has 2 amide bonds. The highest BCUT2D eigenvalue weighted by Gasteiger charge is 2.32. The van der Waals surface area contributed by atoms with Crippen LogP contribution in [0.4, 0.5) is 11.4 Å². The number of rotatable bonds is 7. The maximum atomic E-state index is 13.1. The third kappa shape index (κ3) is 4.94. The number of carbonyl (C=O) groups is 2. The van der Waals surface area contributed by atoms with E-state index in [1.165, 1.54) is 20.1 Å². The van der Waals surface area contributed by atoms with Gasteiger partial charge in [0.25, 0.3) is 0 Å². The summed E-state index contributed by atoms with van der Waals surface area (Å²) in [6.45, 7) is 6.96. The topological polar surface area (TPSA) is 105 Å². The first-order valence-electron chi connectivity index (χ1n) is 10.4. The number of hydrogen-bond acceptors (Lipinski definition) is 5. The molecule has 2 aromatic rings. The van der Waals surface area contributed by atoms with Crippen LogP contribution in [0.2, 0.25) is 0 Å². The number of benzene rings is 2. The second-order valence-electron chi connectivity index (χ2n) is 8.30. The number of methoxy groups -OCH3 is 1. The molecule has 0 bridgehead atoms. The van der Waals surface area contributed by atoms with Crippen LogP contribution in [-0.4, -0.2) is 39.4 Å². The van der Waals surface area contributed by atoms with E-state index in [0.717, 1.165) is 11.3 Å². The molecule has 0 radical (unpaired) electrons. The van der Waals surface area contributed by atoms with E-state index in [-0.39, 0.29) is 22.8 Å². The van der Waals surface area contributed by atoms with Crippen molar-refractivity contribution in [2.24, 2.45) is 5.92 Å². The van der Waals surface area contributed by atoms with Crippen molar-refractivity contribution in [2.75, 3.05) is 17.3 Å². The van der Waals surface area contributed by atoms with Crippen LogP contribution in [0, 0.1) is 5.92 Å². The van der Waals surface area contributed by atoms with Gasteiger partial charge in [0.05, 0.1) is 12.0 Å². The minimum Gasteiger partial charge on any atom is -0.497 e. The van der Waals surface area contributed by atoms with Crippen molar-refractivity contribution >= 4 is 33.2 Å². The lowest BCUT2D eigenvalue weighted by atomic mass is 10.0. The molecule has 9 heteroatoms. The van der Waals surface area contributed by atoms with Crippen LogP contribution < -0.4 is 19.7 Å². The van der Waals surface area contributed by atoms with E-state index >= 15 is 0 Å². The summed E-state index contributed by atoms with van der Waals surface area (Å²) in [7, 11) is -2.44. The van der Waals surface area contributed by atoms with Gasteiger partial charge in [0, 0.05) is 30.4 Å². The summed E-state index contributed by atoms with van der Waals surface area (Å²) >= 11 is 0. The van der Waals surface area contributed by atoms with Gasteiger partial charge in [0.1, 0.15) is 11.8 Å². The SMILES string of the molecule is COc1cccc(NC(=O)[C@H](NS(=O)(=O)c2ccc3c(c2)C[C@@H](C)N3C(C)=O)C(C)C)c1. The van der Waals surface area contributed by atoms with Crippen molar-refractivity contribution < 1.29 is 22.7 Å². The van der Waals surface area contributed by atoms with Crippen molar-refractivity contribution in [2.45, 2.75) is 51.1 Å².